The molecule has 2 rings (SSSR count). The molecule has 7 nitrogen and oxygen atoms in total. The molecule has 0 bridgehead atoms. The Morgan fingerprint density at radius 1 is 0.963 bits per heavy atom. The smallest absolute Gasteiger partial charge is 0.341 e. The fraction of sp³-hybridized carbons (Fsp3) is 0.150. The molecule has 0 saturated heterocycles. The summed E-state index contributed by atoms with van der Waals surface area (Å²) in [5.41, 5.74) is 1.52. The first-order valence-corrected chi connectivity index (χ1v) is 7.88. The van der Waals surface area contributed by atoms with Crippen LogP contribution in [0.1, 0.15) is 26.3 Å². The fourth-order valence-electron chi connectivity index (χ4n) is 2.20. The zero-order valence-corrected chi connectivity index (χ0v) is 14.8. The number of hydrogen-bond donors (Lipinski definition) is 1. The van der Waals surface area contributed by atoms with Crippen LogP contribution >= 0.6 is 0 Å². The molecule has 2 aromatic rings. The van der Waals surface area contributed by atoms with Gasteiger partial charge in [-0.1, -0.05) is 18.2 Å². The Hall–Kier alpha value is -3.61. The normalized spacial score (nSPS) is 10.4. The Morgan fingerprint density at radius 3 is 2.22 bits per heavy atom. The molecule has 0 amide bonds. The van der Waals surface area contributed by atoms with Crippen LogP contribution in [0.3, 0.4) is 0 Å². The molecule has 0 saturated carbocycles. The van der Waals surface area contributed by atoms with Crippen molar-refractivity contribution in [3.63, 3.8) is 0 Å². The SMILES string of the molecule is COC(=O)c1ccc(C=CC(=O)c2ccc(OCC(=O)O)c(OC)c2)cc1. The van der Waals surface area contributed by atoms with E-state index in [1.54, 1.807) is 30.3 Å². The largest absolute Gasteiger partial charge is 0.493 e. The van der Waals surface area contributed by atoms with E-state index < -0.39 is 18.5 Å². The highest BCUT2D eigenvalue weighted by atomic mass is 16.5. The zero-order valence-electron chi connectivity index (χ0n) is 14.8. The molecule has 27 heavy (non-hydrogen) atoms. The van der Waals surface area contributed by atoms with Crippen molar-refractivity contribution < 1.29 is 33.7 Å². The van der Waals surface area contributed by atoms with Crippen molar-refractivity contribution >= 4 is 23.8 Å². The van der Waals surface area contributed by atoms with Gasteiger partial charge in [-0.2, -0.15) is 0 Å². The number of carbonyl (C=O) groups is 3. The summed E-state index contributed by atoms with van der Waals surface area (Å²) >= 11 is 0. The molecule has 0 heterocycles. The first kappa shape index (κ1) is 19.7. The Labute approximate surface area is 155 Å². The van der Waals surface area contributed by atoms with Gasteiger partial charge in [0.1, 0.15) is 0 Å². The van der Waals surface area contributed by atoms with E-state index in [4.69, 9.17) is 14.6 Å². The highest BCUT2D eigenvalue weighted by Crippen LogP contribution is 2.28. The number of ketones is 1. The lowest BCUT2D eigenvalue weighted by Crippen LogP contribution is -2.10. The van der Waals surface area contributed by atoms with Crippen LogP contribution in [0.4, 0.5) is 0 Å². The molecule has 2 aromatic carbocycles. The molecule has 0 fully saturated rings. The van der Waals surface area contributed by atoms with Gasteiger partial charge in [0.05, 0.1) is 19.8 Å². The fourth-order valence-corrected chi connectivity index (χ4v) is 2.20. The minimum Gasteiger partial charge on any atom is -0.493 e. The molecule has 0 aliphatic rings. The van der Waals surface area contributed by atoms with Crippen molar-refractivity contribution in [3.05, 3.63) is 65.2 Å². The highest BCUT2D eigenvalue weighted by Gasteiger charge is 2.11. The molecular weight excluding hydrogens is 352 g/mol. The molecule has 0 aromatic heterocycles. The maximum atomic E-state index is 12.3. The van der Waals surface area contributed by atoms with Gasteiger partial charge >= 0.3 is 11.9 Å². The van der Waals surface area contributed by atoms with Gasteiger partial charge in [0.25, 0.3) is 0 Å². The Morgan fingerprint density at radius 2 is 1.63 bits per heavy atom. The number of esters is 1. The standard InChI is InChI=1S/C20H18O7/c1-25-18-11-15(8-10-17(18)27-12-19(22)23)16(21)9-5-13-3-6-14(7-4-13)20(24)26-2/h3-11H,12H2,1-2H3,(H,22,23). The summed E-state index contributed by atoms with van der Waals surface area (Å²) < 4.78 is 14.9. The predicted molar refractivity (Wildman–Crippen MR) is 97.3 cm³/mol. The maximum Gasteiger partial charge on any atom is 0.341 e. The van der Waals surface area contributed by atoms with Gasteiger partial charge in [-0.15, -0.1) is 0 Å². The number of rotatable bonds is 8. The Balaban J connectivity index is 2.11. The lowest BCUT2D eigenvalue weighted by Gasteiger charge is -2.09. The quantitative estimate of drug-likeness (QED) is 0.433. The van der Waals surface area contributed by atoms with Crippen LogP contribution in [0.15, 0.2) is 48.5 Å². The average molecular weight is 370 g/mol. The van der Waals surface area contributed by atoms with Crippen molar-refractivity contribution in [1.82, 2.24) is 0 Å². The lowest BCUT2D eigenvalue weighted by atomic mass is 10.1. The Bertz CT molecular complexity index is 866. The molecule has 0 atom stereocenters. The molecule has 0 aliphatic heterocycles. The molecule has 140 valence electrons. The molecule has 0 aliphatic carbocycles. The average Bonchev–Trinajstić information content (AvgIpc) is 2.69. The number of carbonyl (C=O) groups excluding carboxylic acids is 2. The van der Waals surface area contributed by atoms with Crippen LogP contribution in [0, 0.1) is 0 Å². The maximum absolute atomic E-state index is 12.3. The van der Waals surface area contributed by atoms with Gasteiger partial charge < -0.3 is 19.3 Å². The van der Waals surface area contributed by atoms with Crippen LogP contribution < -0.4 is 9.47 Å². The summed E-state index contributed by atoms with van der Waals surface area (Å²) in [4.78, 5) is 34.3. The second-order valence-electron chi connectivity index (χ2n) is 5.36. The van der Waals surface area contributed by atoms with Gasteiger partial charge in [-0.25, -0.2) is 9.59 Å². The van der Waals surface area contributed by atoms with Crippen molar-refractivity contribution in [2.45, 2.75) is 0 Å². The number of aliphatic carboxylic acids is 1. The molecular formula is C20H18O7. The van der Waals surface area contributed by atoms with E-state index in [0.717, 1.165) is 5.56 Å². The van der Waals surface area contributed by atoms with Gasteiger partial charge in [-0.3, -0.25) is 4.79 Å². The molecule has 1 N–H and O–H groups in total. The van der Waals surface area contributed by atoms with Crippen LogP contribution in [0.5, 0.6) is 11.5 Å². The van der Waals surface area contributed by atoms with Crippen molar-refractivity contribution in [2.24, 2.45) is 0 Å². The third kappa shape index (κ3) is 5.43. The van der Waals surface area contributed by atoms with E-state index in [1.807, 2.05) is 0 Å². The van der Waals surface area contributed by atoms with Crippen LogP contribution in [-0.4, -0.2) is 43.7 Å². The summed E-state index contributed by atoms with van der Waals surface area (Å²) in [5.74, 6) is -1.32. The molecule has 0 unspecified atom stereocenters. The molecule has 0 spiro atoms. The number of carboxylic acids is 1. The van der Waals surface area contributed by atoms with E-state index in [0.29, 0.717) is 11.1 Å². The van der Waals surface area contributed by atoms with Crippen LogP contribution in [0.2, 0.25) is 0 Å². The van der Waals surface area contributed by atoms with Crippen molar-refractivity contribution in [2.75, 3.05) is 20.8 Å². The van der Waals surface area contributed by atoms with Crippen molar-refractivity contribution in [3.8, 4) is 11.5 Å². The van der Waals surface area contributed by atoms with Crippen LogP contribution in [0.25, 0.3) is 6.08 Å². The number of ether oxygens (including phenoxy) is 3. The number of benzene rings is 2. The number of allylic oxidation sites excluding steroid dienone is 1. The summed E-state index contributed by atoms with van der Waals surface area (Å²) in [6.45, 7) is -0.509. The van der Waals surface area contributed by atoms with E-state index in [-0.39, 0.29) is 17.3 Å². The van der Waals surface area contributed by atoms with Gasteiger partial charge in [0.15, 0.2) is 23.9 Å². The van der Waals surface area contributed by atoms with Gasteiger partial charge in [0.2, 0.25) is 0 Å². The minimum atomic E-state index is -1.11. The summed E-state index contributed by atoms with van der Waals surface area (Å²) in [6, 6.07) is 11.1. The first-order chi connectivity index (χ1) is 12.9. The van der Waals surface area contributed by atoms with E-state index in [9.17, 15) is 14.4 Å². The third-order valence-electron chi connectivity index (χ3n) is 3.56. The summed E-state index contributed by atoms with van der Waals surface area (Å²) in [6.07, 6.45) is 3.00. The second kappa shape index (κ2) is 9.19. The predicted octanol–water partition coefficient (Wildman–Crippen LogP) is 2.84. The molecule has 0 radical (unpaired) electrons. The number of methoxy groups -OCH3 is 2. The van der Waals surface area contributed by atoms with Gasteiger partial charge in [0, 0.05) is 5.56 Å². The van der Waals surface area contributed by atoms with Crippen LogP contribution in [-0.2, 0) is 9.53 Å². The summed E-state index contributed by atoms with van der Waals surface area (Å²) in [5, 5.41) is 8.67. The zero-order chi connectivity index (χ0) is 19.8. The second-order valence-corrected chi connectivity index (χ2v) is 5.36. The molecule has 7 heteroatoms. The minimum absolute atomic E-state index is 0.235. The lowest BCUT2D eigenvalue weighted by molar-refractivity contribution is -0.139. The monoisotopic (exact) mass is 370 g/mol. The van der Waals surface area contributed by atoms with Crippen molar-refractivity contribution in [1.29, 1.82) is 0 Å². The Kier molecular flexibility index (Phi) is 6.71. The highest BCUT2D eigenvalue weighted by molar-refractivity contribution is 6.07. The number of carboxylic acid groups (broad SMARTS) is 1. The van der Waals surface area contributed by atoms with E-state index >= 15 is 0 Å². The van der Waals surface area contributed by atoms with E-state index in [2.05, 4.69) is 4.74 Å². The first-order valence-electron chi connectivity index (χ1n) is 7.88. The topological polar surface area (TPSA) is 99.1 Å². The summed E-state index contributed by atoms with van der Waals surface area (Å²) in [7, 11) is 2.71. The van der Waals surface area contributed by atoms with Gasteiger partial charge in [-0.05, 0) is 42.0 Å². The van der Waals surface area contributed by atoms with E-state index in [1.165, 1.54) is 38.5 Å². The third-order valence-corrected chi connectivity index (χ3v) is 3.56. The number of hydrogen-bond acceptors (Lipinski definition) is 6.